The molecule has 0 atom stereocenters. The van der Waals surface area contributed by atoms with Gasteiger partial charge in [-0.15, -0.1) is 0 Å². The smallest absolute Gasteiger partial charge is 0.259 e. The van der Waals surface area contributed by atoms with Crippen LogP contribution in [0.3, 0.4) is 0 Å². The molecule has 4 nitrogen and oxygen atoms in total. The monoisotopic (exact) mass is 315 g/mol. The lowest BCUT2D eigenvalue weighted by molar-refractivity contribution is 0.102. The lowest BCUT2D eigenvalue weighted by Gasteiger charge is -2.05. The fraction of sp³-hybridized carbons (Fsp3) is 0.118. The first-order valence-electron chi connectivity index (χ1n) is 6.72. The van der Waals surface area contributed by atoms with Gasteiger partial charge in [-0.2, -0.15) is 0 Å². The second-order valence-corrected chi connectivity index (χ2v) is 5.30. The molecule has 0 fully saturated rings. The number of carbonyl (C=O) groups excluding carboxylic acids is 1. The molecule has 2 aromatic carbocycles. The highest BCUT2D eigenvalue weighted by atomic mass is 35.5. The van der Waals surface area contributed by atoms with Crippen molar-refractivity contribution in [1.82, 2.24) is 0 Å². The van der Waals surface area contributed by atoms with Crippen LogP contribution in [0.15, 0.2) is 46.9 Å². The van der Waals surface area contributed by atoms with Gasteiger partial charge in [0.25, 0.3) is 5.91 Å². The Hall–Kier alpha value is -2.46. The maximum Gasteiger partial charge on any atom is 0.259 e. The fourth-order valence-corrected chi connectivity index (χ4v) is 2.56. The lowest BCUT2D eigenvalue weighted by Crippen LogP contribution is -2.12. The average molecular weight is 316 g/mol. The van der Waals surface area contributed by atoms with Crippen LogP contribution in [0.1, 0.15) is 16.1 Å². The van der Waals surface area contributed by atoms with Crippen LogP contribution in [0, 0.1) is 6.92 Å². The van der Waals surface area contributed by atoms with Gasteiger partial charge in [0.15, 0.2) is 0 Å². The first-order chi connectivity index (χ1) is 10.6. The molecule has 0 aliphatic carbocycles. The van der Waals surface area contributed by atoms with E-state index in [4.69, 9.17) is 20.8 Å². The van der Waals surface area contributed by atoms with Crippen LogP contribution in [0.4, 0.5) is 5.69 Å². The number of nitrogens with one attached hydrogen (secondary N) is 1. The molecule has 0 saturated carbocycles. The molecule has 0 aliphatic rings. The molecule has 112 valence electrons. The summed E-state index contributed by atoms with van der Waals surface area (Å²) in [6.45, 7) is 1.76. The van der Waals surface area contributed by atoms with Crippen molar-refractivity contribution < 1.29 is 13.9 Å². The van der Waals surface area contributed by atoms with Gasteiger partial charge in [0, 0.05) is 16.1 Å². The molecular formula is C17H14ClNO3. The van der Waals surface area contributed by atoms with Crippen LogP contribution in [-0.4, -0.2) is 13.0 Å². The van der Waals surface area contributed by atoms with Crippen molar-refractivity contribution in [2.75, 3.05) is 12.4 Å². The molecule has 0 radical (unpaired) electrons. The molecule has 1 aromatic heterocycles. The highest BCUT2D eigenvalue weighted by Gasteiger charge is 2.19. The van der Waals surface area contributed by atoms with E-state index in [-0.39, 0.29) is 5.91 Å². The Morgan fingerprint density at radius 3 is 2.77 bits per heavy atom. The average Bonchev–Trinajstić information content (AvgIpc) is 2.82. The fourth-order valence-electron chi connectivity index (χ4n) is 2.37. The summed E-state index contributed by atoms with van der Waals surface area (Å²) >= 11 is 5.93. The topological polar surface area (TPSA) is 51.5 Å². The van der Waals surface area contributed by atoms with Crippen molar-refractivity contribution in [2.24, 2.45) is 0 Å². The SMILES string of the molecule is COc1ccc2oc(C)c(C(=O)Nc3cccc(Cl)c3)c2c1. The first kappa shape index (κ1) is 14.5. The zero-order valence-electron chi connectivity index (χ0n) is 12.1. The second kappa shape index (κ2) is 5.73. The minimum atomic E-state index is -0.244. The van der Waals surface area contributed by atoms with Crippen molar-refractivity contribution in [2.45, 2.75) is 6.92 Å². The molecular weight excluding hydrogens is 302 g/mol. The zero-order valence-corrected chi connectivity index (χ0v) is 12.9. The van der Waals surface area contributed by atoms with Crippen LogP contribution in [-0.2, 0) is 0 Å². The number of methoxy groups -OCH3 is 1. The van der Waals surface area contributed by atoms with Crippen LogP contribution >= 0.6 is 11.6 Å². The molecule has 1 amide bonds. The standard InChI is InChI=1S/C17H14ClNO3/c1-10-16(14-9-13(21-2)6-7-15(14)22-10)17(20)19-12-5-3-4-11(18)8-12/h3-9H,1-2H3,(H,19,20). The van der Waals surface area contributed by atoms with Gasteiger partial charge in [-0.3, -0.25) is 4.79 Å². The van der Waals surface area contributed by atoms with Gasteiger partial charge in [-0.05, 0) is 43.3 Å². The number of benzene rings is 2. The second-order valence-electron chi connectivity index (χ2n) is 4.86. The highest BCUT2D eigenvalue weighted by Crippen LogP contribution is 2.29. The molecule has 3 rings (SSSR count). The number of hydrogen-bond donors (Lipinski definition) is 1. The normalized spacial score (nSPS) is 10.7. The van der Waals surface area contributed by atoms with Gasteiger partial charge in [-0.25, -0.2) is 0 Å². The molecule has 0 unspecified atom stereocenters. The van der Waals surface area contributed by atoms with Crippen molar-refractivity contribution >= 4 is 34.2 Å². The number of carbonyl (C=O) groups is 1. The summed E-state index contributed by atoms with van der Waals surface area (Å²) in [5.74, 6) is 0.986. The predicted molar refractivity (Wildman–Crippen MR) is 86.9 cm³/mol. The Labute approximate surface area is 132 Å². The van der Waals surface area contributed by atoms with E-state index in [1.54, 1.807) is 56.5 Å². The van der Waals surface area contributed by atoms with Gasteiger partial charge in [0.1, 0.15) is 17.1 Å². The summed E-state index contributed by atoms with van der Waals surface area (Å²) in [4.78, 5) is 12.6. The van der Waals surface area contributed by atoms with E-state index in [9.17, 15) is 4.79 Å². The van der Waals surface area contributed by atoms with Crippen molar-refractivity contribution in [3.8, 4) is 5.75 Å². The Balaban J connectivity index is 2.01. The number of ether oxygens (including phenoxy) is 1. The summed E-state index contributed by atoms with van der Waals surface area (Å²) in [6, 6.07) is 12.4. The molecule has 0 saturated heterocycles. The Morgan fingerprint density at radius 1 is 1.23 bits per heavy atom. The van der Waals surface area contributed by atoms with Gasteiger partial charge >= 0.3 is 0 Å². The molecule has 0 spiro atoms. The van der Waals surface area contributed by atoms with Gasteiger partial charge in [0.2, 0.25) is 0 Å². The van der Waals surface area contributed by atoms with E-state index in [2.05, 4.69) is 5.32 Å². The summed E-state index contributed by atoms with van der Waals surface area (Å²) < 4.78 is 10.8. The molecule has 1 N–H and O–H groups in total. The number of fused-ring (bicyclic) bond motifs is 1. The van der Waals surface area contributed by atoms with Crippen molar-refractivity contribution in [3.63, 3.8) is 0 Å². The Bertz CT molecular complexity index is 854. The number of anilines is 1. The largest absolute Gasteiger partial charge is 0.497 e. The predicted octanol–water partition coefficient (Wildman–Crippen LogP) is 4.66. The number of furan rings is 1. The number of hydrogen-bond acceptors (Lipinski definition) is 3. The summed E-state index contributed by atoms with van der Waals surface area (Å²) in [5.41, 5.74) is 1.78. The first-order valence-corrected chi connectivity index (χ1v) is 7.10. The van der Waals surface area contributed by atoms with Gasteiger partial charge in [0.05, 0.1) is 12.7 Å². The minimum Gasteiger partial charge on any atom is -0.497 e. The zero-order chi connectivity index (χ0) is 15.7. The van der Waals surface area contributed by atoms with Crippen LogP contribution in [0.25, 0.3) is 11.0 Å². The lowest BCUT2D eigenvalue weighted by atomic mass is 10.1. The summed E-state index contributed by atoms with van der Waals surface area (Å²) in [5, 5.41) is 4.11. The third-order valence-corrected chi connectivity index (χ3v) is 3.62. The molecule has 22 heavy (non-hydrogen) atoms. The van der Waals surface area contributed by atoms with Crippen LogP contribution < -0.4 is 10.1 Å². The van der Waals surface area contributed by atoms with E-state index in [1.807, 2.05) is 0 Å². The van der Waals surface area contributed by atoms with Gasteiger partial charge < -0.3 is 14.5 Å². The third-order valence-electron chi connectivity index (χ3n) is 3.38. The Morgan fingerprint density at radius 2 is 2.05 bits per heavy atom. The number of aryl methyl sites for hydroxylation is 1. The van der Waals surface area contributed by atoms with Crippen molar-refractivity contribution in [3.05, 3.63) is 58.8 Å². The van der Waals surface area contributed by atoms with E-state index < -0.39 is 0 Å². The van der Waals surface area contributed by atoms with E-state index >= 15 is 0 Å². The summed E-state index contributed by atoms with van der Waals surface area (Å²) in [7, 11) is 1.58. The van der Waals surface area contributed by atoms with Gasteiger partial charge in [-0.1, -0.05) is 17.7 Å². The molecule has 3 aromatic rings. The van der Waals surface area contributed by atoms with Crippen LogP contribution in [0.5, 0.6) is 5.75 Å². The number of amides is 1. The summed E-state index contributed by atoms with van der Waals surface area (Å²) in [6.07, 6.45) is 0. The number of halogens is 1. The maximum absolute atomic E-state index is 12.6. The minimum absolute atomic E-state index is 0.244. The molecule has 0 bridgehead atoms. The third kappa shape index (κ3) is 2.65. The van der Waals surface area contributed by atoms with E-state index in [0.717, 1.165) is 5.39 Å². The van der Waals surface area contributed by atoms with Crippen molar-refractivity contribution in [1.29, 1.82) is 0 Å². The molecule has 5 heteroatoms. The van der Waals surface area contributed by atoms with Crippen LogP contribution in [0.2, 0.25) is 5.02 Å². The highest BCUT2D eigenvalue weighted by molar-refractivity contribution is 6.31. The van der Waals surface area contributed by atoms with E-state index in [0.29, 0.717) is 33.4 Å². The van der Waals surface area contributed by atoms with E-state index in [1.165, 1.54) is 0 Å². The number of rotatable bonds is 3. The maximum atomic E-state index is 12.6. The Kier molecular flexibility index (Phi) is 3.77. The quantitative estimate of drug-likeness (QED) is 0.765. The molecule has 1 heterocycles. The molecule has 0 aliphatic heterocycles.